The van der Waals surface area contributed by atoms with Crippen LogP contribution in [-0.2, 0) is 4.79 Å². The van der Waals surface area contributed by atoms with Crippen LogP contribution in [0.25, 0.3) is 11.1 Å². The average Bonchev–Trinajstić information content (AvgIpc) is 3.19. The molecule has 1 fully saturated rings. The van der Waals surface area contributed by atoms with Crippen LogP contribution < -0.4 is 14.8 Å². The van der Waals surface area contributed by atoms with Crippen LogP contribution in [0.15, 0.2) is 66.7 Å². The lowest BCUT2D eigenvalue weighted by Crippen LogP contribution is -2.49. The van der Waals surface area contributed by atoms with Gasteiger partial charge >= 0.3 is 0 Å². The molecule has 1 aliphatic carbocycles. The number of piperazine rings is 1. The van der Waals surface area contributed by atoms with Crippen LogP contribution in [0.3, 0.4) is 0 Å². The van der Waals surface area contributed by atoms with Gasteiger partial charge in [0.2, 0.25) is 5.91 Å². The van der Waals surface area contributed by atoms with E-state index in [1.165, 1.54) is 22.3 Å². The summed E-state index contributed by atoms with van der Waals surface area (Å²) in [6, 6.07) is 23.3. The Morgan fingerprint density at radius 3 is 2.15 bits per heavy atom. The van der Waals surface area contributed by atoms with Crippen molar-refractivity contribution in [2.24, 2.45) is 0 Å². The highest BCUT2D eigenvalue weighted by molar-refractivity contribution is 5.92. The van der Waals surface area contributed by atoms with Gasteiger partial charge in [0.25, 0.3) is 0 Å². The smallest absolute Gasteiger partial charge is 0.238 e. The maximum absolute atomic E-state index is 12.7. The Kier molecular flexibility index (Phi) is 5.24. The minimum absolute atomic E-state index is 0.00307. The van der Waals surface area contributed by atoms with Crippen LogP contribution in [0.5, 0.6) is 11.5 Å². The van der Waals surface area contributed by atoms with Crippen molar-refractivity contribution in [3.05, 3.63) is 77.9 Å². The first-order valence-corrected chi connectivity index (χ1v) is 11.6. The van der Waals surface area contributed by atoms with Crippen LogP contribution in [0.1, 0.15) is 17.2 Å². The van der Waals surface area contributed by atoms with Crippen molar-refractivity contribution >= 4 is 11.6 Å². The molecule has 0 aromatic heterocycles. The van der Waals surface area contributed by atoms with E-state index in [4.69, 9.17) is 9.47 Å². The second-order valence-electron chi connectivity index (χ2n) is 8.80. The Morgan fingerprint density at radius 1 is 0.818 bits per heavy atom. The molecule has 2 aliphatic heterocycles. The van der Waals surface area contributed by atoms with Crippen molar-refractivity contribution in [1.82, 2.24) is 9.80 Å². The maximum Gasteiger partial charge on any atom is 0.238 e. The molecule has 0 unspecified atom stereocenters. The van der Waals surface area contributed by atoms with Crippen molar-refractivity contribution in [3.63, 3.8) is 0 Å². The van der Waals surface area contributed by atoms with E-state index in [0.717, 1.165) is 37.6 Å². The first kappa shape index (κ1) is 20.3. The molecule has 0 saturated carbocycles. The largest absolute Gasteiger partial charge is 0.486 e. The van der Waals surface area contributed by atoms with E-state index in [1.54, 1.807) is 0 Å². The number of anilines is 1. The van der Waals surface area contributed by atoms with E-state index < -0.39 is 0 Å². The van der Waals surface area contributed by atoms with Crippen molar-refractivity contribution < 1.29 is 14.3 Å². The molecule has 6 rings (SSSR count). The molecule has 6 heteroatoms. The quantitative estimate of drug-likeness (QED) is 0.668. The molecule has 3 aromatic carbocycles. The number of rotatable bonds is 4. The van der Waals surface area contributed by atoms with E-state index in [9.17, 15) is 4.79 Å². The zero-order chi connectivity index (χ0) is 22.2. The molecule has 1 amide bonds. The summed E-state index contributed by atoms with van der Waals surface area (Å²) in [6.45, 7) is 5.09. The third-order valence-electron chi connectivity index (χ3n) is 6.77. The van der Waals surface area contributed by atoms with Gasteiger partial charge in [0.05, 0.1) is 12.6 Å². The molecule has 0 spiro atoms. The fourth-order valence-corrected chi connectivity index (χ4v) is 5.23. The molecule has 3 aliphatic rings. The Bertz CT molecular complexity index is 1140. The van der Waals surface area contributed by atoms with Gasteiger partial charge in [-0.2, -0.15) is 0 Å². The number of carbonyl (C=O) groups is 1. The summed E-state index contributed by atoms with van der Waals surface area (Å²) in [6.07, 6.45) is 0. The van der Waals surface area contributed by atoms with Gasteiger partial charge < -0.3 is 14.8 Å². The molecule has 0 bridgehead atoms. The molecule has 1 N–H and O–H groups in total. The number of nitrogens with one attached hydrogen (secondary N) is 1. The summed E-state index contributed by atoms with van der Waals surface area (Å²) in [5.74, 6) is 1.41. The van der Waals surface area contributed by atoms with Crippen LogP contribution in [0.4, 0.5) is 5.69 Å². The van der Waals surface area contributed by atoms with Crippen LogP contribution in [-0.4, -0.2) is 61.6 Å². The van der Waals surface area contributed by atoms with Crippen molar-refractivity contribution in [1.29, 1.82) is 0 Å². The molecule has 3 aromatic rings. The lowest BCUT2D eigenvalue weighted by Gasteiger charge is -2.38. The fraction of sp³-hybridized carbons (Fsp3) is 0.296. The van der Waals surface area contributed by atoms with Crippen molar-refractivity contribution in [2.75, 3.05) is 51.3 Å². The number of carbonyl (C=O) groups excluding carboxylic acids is 1. The number of hydrogen-bond acceptors (Lipinski definition) is 5. The number of ether oxygens (including phenoxy) is 2. The molecule has 6 nitrogen and oxygen atoms in total. The zero-order valence-electron chi connectivity index (χ0n) is 18.5. The first-order valence-electron chi connectivity index (χ1n) is 11.6. The standard InChI is InChI=1S/C27H27N3O3/c31-26(28-19-9-10-24-25(17-19)33-16-15-32-24)18-29-11-13-30(14-12-29)27-22-7-3-1-5-20(22)21-6-2-4-8-23(21)27/h1-10,17,27H,11-16,18H2,(H,28,31). The van der Waals surface area contributed by atoms with E-state index in [-0.39, 0.29) is 5.91 Å². The SMILES string of the molecule is O=C(CN1CCN(C2c3ccccc3-c3ccccc32)CC1)Nc1ccc2c(c1)OCCO2. The van der Waals surface area contributed by atoms with E-state index in [2.05, 4.69) is 63.6 Å². The molecule has 168 valence electrons. The highest BCUT2D eigenvalue weighted by Crippen LogP contribution is 2.46. The van der Waals surface area contributed by atoms with Gasteiger partial charge in [0.15, 0.2) is 11.5 Å². The highest BCUT2D eigenvalue weighted by Gasteiger charge is 2.34. The van der Waals surface area contributed by atoms with Crippen molar-refractivity contribution in [3.8, 4) is 22.6 Å². The van der Waals surface area contributed by atoms with Gasteiger partial charge in [-0.1, -0.05) is 48.5 Å². The van der Waals surface area contributed by atoms with Gasteiger partial charge in [-0.25, -0.2) is 0 Å². The first-order chi connectivity index (χ1) is 16.3. The number of hydrogen-bond donors (Lipinski definition) is 1. The monoisotopic (exact) mass is 441 g/mol. The summed E-state index contributed by atoms with van der Waals surface area (Å²) >= 11 is 0. The third kappa shape index (κ3) is 3.86. The summed E-state index contributed by atoms with van der Waals surface area (Å²) in [5.41, 5.74) is 6.22. The van der Waals surface area contributed by atoms with E-state index >= 15 is 0 Å². The lowest BCUT2D eigenvalue weighted by atomic mass is 10.0. The predicted molar refractivity (Wildman–Crippen MR) is 128 cm³/mol. The normalized spacial score (nSPS) is 17.9. The highest BCUT2D eigenvalue weighted by atomic mass is 16.6. The Balaban J connectivity index is 1.09. The van der Waals surface area contributed by atoms with Gasteiger partial charge in [0.1, 0.15) is 13.2 Å². The summed E-state index contributed by atoms with van der Waals surface area (Å²) in [5, 5.41) is 3.00. The predicted octanol–water partition coefficient (Wildman–Crippen LogP) is 3.78. The summed E-state index contributed by atoms with van der Waals surface area (Å²) in [4.78, 5) is 17.5. The molecule has 2 heterocycles. The summed E-state index contributed by atoms with van der Waals surface area (Å²) in [7, 11) is 0. The Hall–Kier alpha value is -3.35. The Labute approximate surface area is 193 Å². The molecular formula is C27H27N3O3. The number of nitrogens with zero attached hydrogens (tertiary/aromatic N) is 2. The topological polar surface area (TPSA) is 54.0 Å². The van der Waals surface area contributed by atoms with Crippen LogP contribution >= 0.6 is 0 Å². The third-order valence-corrected chi connectivity index (χ3v) is 6.77. The van der Waals surface area contributed by atoms with Gasteiger partial charge in [-0.15, -0.1) is 0 Å². The second kappa shape index (κ2) is 8.54. The van der Waals surface area contributed by atoms with E-state index in [0.29, 0.717) is 31.5 Å². The summed E-state index contributed by atoms with van der Waals surface area (Å²) < 4.78 is 11.2. The second-order valence-corrected chi connectivity index (χ2v) is 8.80. The maximum atomic E-state index is 12.7. The van der Waals surface area contributed by atoms with Gasteiger partial charge in [-0.05, 0) is 34.4 Å². The van der Waals surface area contributed by atoms with Gasteiger partial charge in [0, 0.05) is 37.9 Å². The number of fused-ring (bicyclic) bond motifs is 4. The minimum Gasteiger partial charge on any atom is -0.486 e. The molecule has 1 saturated heterocycles. The molecule has 0 atom stereocenters. The average molecular weight is 442 g/mol. The van der Waals surface area contributed by atoms with Crippen LogP contribution in [0, 0.1) is 0 Å². The van der Waals surface area contributed by atoms with Gasteiger partial charge in [-0.3, -0.25) is 14.6 Å². The fourth-order valence-electron chi connectivity index (χ4n) is 5.23. The lowest BCUT2D eigenvalue weighted by molar-refractivity contribution is -0.117. The number of benzene rings is 3. The zero-order valence-corrected chi connectivity index (χ0v) is 18.5. The molecule has 0 radical (unpaired) electrons. The minimum atomic E-state index is -0.00307. The van der Waals surface area contributed by atoms with Crippen LogP contribution in [0.2, 0.25) is 0 Å². The molecular weight excluding hydrogens is 414 g/mol. The Morgan fingerprint density at radius 2 is 1.45 bits per heavy atom. The molecule has 33 heavy (non-hydrogen) atoms. The van der Waals surface area contributed by atoms with E-state index in [1.807, 2.05) is 18.2 Å². The van der Waals surface area contributed by atoms with Crippen molar-refractivity contribution in [2.45, 2.75) is 6.04 Å². The number of amides is 1.